The van der Waals surface area contributed by atoms with Crippen LogP contribution in [0.4, 0.5) is 0 Å². The second-order valence-electron chi connectivity index (χ2n) is 8.38. The maximum absolute atomic E-state index is 12.6. The molecule has 3 nitrogen and oxygen atoms in total. The topological polar surface area (TPSA) is 55.1 Å². The number of carbonyl (C=O) groups excluding carboxylic acids is 1. The van der Waals surface area contributed by atoms with Gasteiger partial charge in [-0.3, -0.25) is 4.79 Å². The predicted octanol–water partition coefficient (Wildman–Crippen LogP) is 3.16. The molecule has 0 bridgehead atoms. The number of nitrogens with one attached hydrogen (secondary N) is 1. The zero-order chi connectivity index (χ0) is 15.2. The Morgan fingerprint density at radius 2 is 1.65 bits per heavy atom. The van der Waals surface area contributed by atoms with Crippen LogP contribution in [0, 0.1) is 16.2 Å². The first kappa shape index (κ1) is 15.7. The lowest BCUT2D eigenvalue weighted by Gasteiger charge is -2.47. The van der Waals surface area contributed by atoms with Gasteiger partial charge in [-0.2, -0.15) is 0 Å². The number of carbonyl (C=O) groups is 1. The Morgan fingerprint density at radius 3 is 2.00 bits per heavy atom. The van der Waals surface area contributed by atoms with Crippen molar-refractivity contribution < 1.29 is 4.79 Å². The number of nitrogens with two attached hydrogens (primary N) is 1. The van der Waals surface area contributed by atoms with Crippen LogP contribution in [0.2, 0.25) is 0 Å². The average molecular weight is 296 g/mol. The monoisotopic (exact) mass is 296 g/mol. The Balaban J connectivity index is 2.06. The summed E-state index contributed by atoms with van der Waals surface area (Å²) < 4.78 is 0. The summed E-state index contributed by atoms with van der Waals surface area (Å²) in [6, 6.07) is 0.244. The highest BCUT2D eigenvalue weighted by Crippen LogP contribution is 2.47. The van der Waals surface area contributed by atoms with Crippen LogP contribution in [0.3, 0.4) is 0 Å². The lowest BCUT2D eigenvalue weighted by molar-refractivity contribution is -0.132. The second-order valence-corrected chi connectivity index (χ2v) is 8.82. The van der Waals surface area contributed by atoms with Crippen LogP contribution in [-0.4, -0.2) is 16.9 Å². The molecule has 2 aliphatic carbocycles. The molecule has 0 aromatic carbocycles. The minimum absolute atomic E-state index is 0.0646. The van der Waals surface area contributed by atoms with Crippen molar-refractivity contribution in [1.29, 1.82) is 0 Å². The molecule has 114 valence electrons. The van der Waals surface area contributed by atoms with Crippen LogP contribution in [0.25, 0.3) is 0 Å². The highest BCUT2D eigenvalue weighted by Gasteiger charge is 2.48. The van der Waals surface area contributed by atoms with Crippen molar-refractivity contribution in [1.82, 2.24) is 5.32 Å². The zero-order valence-corrected chi connectivity index (χ0v) is 14.0. The standard InChI is InChI=1S/C16H28N2OS/c1-14(2)8-11(9-15(3,4)10-14)18-13(19)16(12(17)20)6-5-7-16/h11H,5-10H2,1-4H3,(H2,17,20)(H,18,19). The van der Waals surface area contributed by atoms with Crippen LogP contribution in [0.15, 0.2) is 0 Å². The molecule has 2 saturated carbocycles. The van der Waals surface area contributed by atoms with Crippen molar-refractivity contribution in [3.8, 4) is 0 Å². The van der Waals surface area contributed by atoms with E-state index in [2.05, 4.69) is 33.0 Å². The van der Waals surface area contributed by atoms with Gasteiger partial charge in [-0.25, -0.2) is 0 Å². The molecule has 0 aromatic heterocycles. The van der Waals surface area contributed by atoms with E-state index in [1.807, 2.05) is 0 Å². The summed E-state index contributed by atoms with van der Waals surface area (Å²) in [4.78, 5) is 13.0. The van der Waals surface area contributed by atoms with Crippen LogP contribution >= 0.6 is 12.2 Å². The fourth-order valence-electron chi connectivity index (χ4n) is 4.39. The van der Waals surface area contributed by atoms with Crippen molar-refractivity contribution in [2.45, 2.75) is 72.3 Å². The minimum Gasteiger partial charge on any atom is -0.392 e. The van der Waals surface area contributed by atoms with Gasteiger partial charge in [0.2, 0.25) is 5.91 Å². The number of thiocarbonyl (C=S) groups is 1. The molecular weight excluding hydrogens is 268 g/mol. The highest BCUT2D eigenvalue weighted by molar-refractivity contribution is 7.80. The molecular formula is C16H28N2OS. The van der Waals surface area contributed by atoms with Gasteiger partial charge in [0.05, 0.1) is 10.4 Å². The Morgan fingerprint density at radius 1 is 1.15 bits per heavy atom. The largest absolute Gasteiger partial charge is 0.392 e. The van der Waals surface area contributed by atoms with E-state index in [9.17, 15) is 4.79 Å². The highest BCUT2D eigenvalue weighted by atomic mass is 32.1. The number of hydrogen-bond donors (Lipinski definition) is 2. The van der Waals surface area contributed by atoms with Gasteiger partial charge in [-0.05, 0) is 42.9 Å². The molecule has 0 aromatic rings. The first-order chi connectivity index (χ1) is 9.06. The summed E-state index contributed by atoms with van der Waals surface area (Å²) in [5.74, 6) is 0.0646. The van der Waals surface area contributed by atoms with Gasteiger partial charge >= 0.3 is 0 Å². The molecule has 0 saturated heterocycles. The summed E-state index contributed by atoms with van der Waals surface area (Å²) in [7, 11) is 0. The summed E-state index contributed by atoms with van der Waals surface area (Å²) in [6.45, 7) is 9.17. The third-order valence-electron chi connectivity index (χ3n) is 5.00. The smallest absolute Gasteiger partial charge is 0.233 e. The molecule has 0 heterocycles. The molecule has 0 spiro atoms. The fraction of sp³-hybridized carbons (Fsp3) is 0.875. The molecule has 0 unspecified atom stereocenters. The average Bonchev–Trinajstić information content (AvgIpc) is 2.07. The van der Waals surface area contributed by atoms with Gasteiger partial charge in [-0.1, -0.05) is 46.3 Å². The van der Waals surface area contributed by atoms with Crippen LogP contribution in [0.5, 0.6) is 0 Å². The molecule has 4 heteroatoms. The summed E-state index contributed by atoms with van der Waals surface area (Å²) >= 11 is 5.13. The van der Waals surface area contributed by atoms with Crippen molar-refractivity contribution >= 4 is 23.1 Å². The van der Waals surface area contributed by atoms with Crippen LogP contribution in [0.1, 0.15) is 66.2 Å². The summed E-state index contributed by atoms with van der Waals surface area (Å²) in [6.07, 6.45) is 5.95. The van der Waals surface area contributed by atoms with Gasteiger partial charge in [0, 0.05) is 6.04 Å². The van der Waals surface area contributed by atoms with Gasteiger partial charge in [0.25, 0.3) is 0 Å². The second kappa shape index (κ2) is 4.97. The minimum atomic E-state index is -0.554. The van der Waals surface area contributed by atoms with E-state index in [4.69, 9.17) is 18.0 Å². The predicted molar refractivity (Wildman–Crippen MR) is 86.4 cm³/mol. The maximum atomic E-state index is 12.6. The van der Waals surface area contributed by atoms with Crippen LogP contribution < -0.4 is 11.1 Å². The molecule has 0 aliphatic heterocycles. The Kier molecular flexibility index (Phi) is 3.91. The van der Waals surface area contributed by atoms with E-state index >= 15 is 0 Å². The van der Waals surface area contributed by atoms with E-state index < -0.39 is 5.41 Å². The lowest BCUT2D eigenvalue weighted by atomic mass is 9.63. The molecule has 1 amide bonds. The van der Waals surface area contributed by atoms with Gasteiger partial charge in [0.1, 0.15) is 0 Å². The first-order valence-corrected chi connectivity index (χ1v) is 8.08. The van der Waals surface area contributed by atoms with Crippen molar-refractivity contribution in [3.63, 3.8) is 0 Å². The van der Waals surface area contributed by atoms with Crippen LogP contribution in [-0.2, 0) is 4.79 Å². The Labute approximate surface area is 128 Å². The molecule has 20 heavy (non-hydrogen) atoms. The van der Waals surface area contributed by atoms with Gasteiger partial charge in [0.15, 0.2) is 0 Å². The third kappa shape index (κ3) is 3.00. The van der Waals surface area contributed by atoms with Gasteiger partial charge < -0.3 is 11.1 Å². The van der Waals surface area contributed by atoms with Gasteiger partial charge in [-0.15, -0.1) is 0 Å². The number of amides is 1. The lowest BCUT2D eigenvalue weighted by Crippen LogP contribution is -2.57. The third-order valence-corrected chi connectivity index (χ3v) is 5.39. The molecule has 0 radical (unpaired) electrons. The Hall–Kier alpha value is -0.640. The number of rotatable bonds is 3. The van der Waals surface area contributed by atoms with E-state index in [1.54, 1.807) is 0 Å². The molecule has 2 rings (SSSR count). The zero-order valence-electron chi connectivity index (χ0n) is 13.2. The molecule has 3 N–H and O–H groups in total. The first-order valence-electron chi connectivity index (χ1n) is 7.67. The molecule has 0 atom stereocenters. The molecule has 2 fully saturated rings. The normalized spacial score (nSPS) is 27.4. The quantitative estimate of drug-likeness (QED) is 0.787. The molecule has 2 aliphatic rings. The number of hydrogen-bond acceptors (Lipinski definition) is 2. The van der Waals surface area contributed by atoms with Crippen molar-refractivity contribution in [2.24, 2.45) is 22.0 Å². The van der Waals surface area contributed by atoms with E-state index in [0.717, 1.165) is 32.1 Å². The van der Waals surface area contributed by atoms with Crippen molar-refractivity contribution in [3.05, 3.63) is 0 Å². The SMILES string of the molecule is CC1(C)CC(NC(=O)C2(C(N)=S)CCC2)CC(C)(C)C1. The fourth-order valence-corrected chi connectivity index (χ4v) is 4.68. The summed E-state index contributed by atoms with van der Waals surface area (Å²) in [5, 5.41) is 3.25. The Bertz CT molecular complexity index is 408. The van der Waals surface area contributed by atoms with E-state index in [1.165, 1.54) is 6.42 Å². The maximum Gasteiger partial charge on any atom is 0.233 e. The van der Waals surface area contributed by atoms with Crippen molar-refractivity contribution in [2.75, 3.05) is 0 Å². The van der Waals surface area contributed by atoms with E-state index in [0.29, 0.717) is 4.99 Å². The van der Waals surface area contributed by atoms with E-state index in [-0.39, 0.29) is 22.8 Å². The summed E-state index contributed by atoms with van der Waals surface area (Å²) in [5.41, 5.74) is 5.81.